The summed E-state index contributed by atoms with van der Waals surface area (Å²) in [5.41, 5.74) is 1.09. The van der Waals surface area contributed by atoms with Gasteiger partial charge in [-0.05, 0) is 19.3 Å². The molecule has 0 spiro atoms. The lowest BCUT2D eigenvalue weighted by Crippen LogP contribution is -2.11. The van der Waals surface area contributed by atoms with Gasteiger partial charge in [0.15, 0.2) is 6.29 Å². The van der Waals surface area contributed by atoms with Gasteiger partial charge < -0.3 is 9.84 Å². The second-order valence-corrected chi connectivity index (χ2v) is 7.77. The molecule has 0 aromatic carbocycles. The summed E-state index contributed by atoms with van der Waals surface area (Å²) in [6.07, 6.45) is 5.45. The van der Waals surface area contributed by atoms with Crippen molar-refractivity contribution >= 4 is 11.3 Å². The molecular weight excluding hydrogens is 270 g/mol. The van der Waals surface area contributed by atoms with Crippen LogP contribution >= 0.6 is 11.3 Å². The van der Waals surface area contributed by atoms with Crippen molar-refractivity contribution in [2.75, 3.05) is 6.61 Å². The first-order valence-electron chi connectivity index (χ1n) is 7.71. The van der Waals surface area contributed by atoms with Crippen molar-refractivity contribution in [2.45, 2.75) is 71.5 Å². The summed E-state index contributed by atoms with van der Waals surface area (Å²) >= 11 is 1.61. The number of thiazole rings is 1. The number of hydrogen-bond acceptors (Lipinski definition) is 4. The van der Waals surface area contributed by atoms with Crippen molar-refractivity contribution in [3.8, 4) is 0 Å². The van der Waals surface area contributed by atoms with Gasteiger partial charge >= 0.3 is 0 Å². The van der Waals surface area contributed by atoms with Crippen molar-refractivity contribution in [3.63, 3.8) is 0 Å². The highest BCUT2D eigenvalue weighted by molar-refractivity contribution is 7.12. The molecule has 1 N–H and O–H groups in total. The van der Waals surface area contributed by atoms with Gasteiger partial charge in [0.1, 0.15) is 0 Å². The smallest absolute Gasteiger partial charge is 0.192 e. The molecule has 2 rings (SSSR count). The summed E-state index contributed by atoms with van der Waals surface area (Å²) in [5.74, 6) is 0.734. The van der Waals surface area contributed by atoms with Gasteiger partial charge in [-0.1, -0.05) is 46.5 Å². The van der Waals surface area contributed by atoms with Crippen LogP contribution in [0.5, 0.6) is 0 Å². The Morgan fingerprint density at radius 1 is 1.35 bits per heavy atom. The summed E-state index contributed by atoms with van der Waals surface area (Å²) in [6.45, 7) is 8.93. The van der Waals surface area contributed by atoms with E-state index in [2.05, 4.69) is 20.8 Å². The standard InChI is InChI=1S/C16H27NO2S/c1-5-19-14(18)13-12(10-11-8-6-7-9-11)17-15(20-13)16(2,3)4/h11,14,18H,5-10H2,1-4H3. The number of aromatic nitrogens is 1. The van der Waals surface area contributed by atoms with Crippen molar-refractivity contribution in [1.29, 1.82) is 0 Å². The average molecular weight is 297 g/mol. The predicted octanol–water partition coefficient (Wildman–Crippen LogP) is 4.20. The predicted molar refractivity (Wildman–Crippen MR) is 83.1 cm³/mol. The molecule has 1 aliphatic carbocycles. The molecule has 1 unspecified atom stereocenters. The van der Waals surface area contributed by atoms with E-state index in [0.717, 1.165) is 27.9 Å². The quantitative estimate of drug-likeness (QED) is 0.828. The van der Waals surface area contributed by atoms with Gasteiger partial charge in [-0.25, -0.2) is 4.98 Å². The molecule has 0 amide bonds. The minimum Gasteiger partial charge on any atom is -0.364 e. The van der Waals surface area contributed by atoms with Gasteiger partial charge in [-0.2, -0.15) is 0 Å². The monoisotopic (exact) mass is 297 g/mol. The molecule has 1 saturated carbocycles. The number of aliphatic hydroxyl groups excluding tert-OH is 1. The van der Waals surface area contributed by atoms with Crippen LogP contribution in [0.1, 0.15) is 75.2 Å². The minimum atomic E-state index is -0.815. The fourth-order valence-corrected chi connectivity index (χ4v) is 3.83. The molecular formula is C16H27NO2S. The third-order valence-corrected chi connectivity index (χ3v) is 5.43. The lowest BCUT2D eigenvalue weighted by molar-refractivity contribution is -0.0961. The average Bonchev–Trinajstić information content (AvgIpc) is 2.98. The van der Waals surface area contributed by atoms with Crippen LogP contribution in [0.2, 0.25) is 0 Å². The van der Waals surface area contributed by atoms with Crippen molar-refractivity contribution in [1.82, 2.24) is 4.98 Å². The second-order valence-electron chi connectivity index (χ2n) is 6.74. The zero-order valence-electron chi connectivity index (χ0n) is 13.1. The van der Waals surface area contributed by atoms with Crippen molar-refractivity contribution < 1.29 is 9.84 Å². The van der Waals surface area contributed by atoms with E-state index in [1.165, 1.54) is 25.7 Å². The van der Waals surface area contributed by atoms with Gasteiger partial charge in [0.25, 0.3) is 0 Å². The highest BCUT2D eigenvalue weighted by atomic mass is 32.1. The molecule has 0 saturated heterocycles. The van der Waals surface area contributed by atoms with Crippen LogP contribution in [0.3, 0.4) is 0 Å². The molecule has 114 valence electrons. The highest BCUT2D eigenvalue weighted by Crippen LogP contribution is 2.36. The molecule has 1 aliphatic rings. The zero-order valence-corrected chi connectivity index (χ0v) is 13.9. The maximum atomic E-state index is 10.2. The lowest BCUT2D eigenvalue weighted by Gasteiger charge is -2.13. The summed E-state index contributed by atoms with van der Waals surface area (Å²) in [7, 11) is 0. The first kappa shape index (κ1) is 15.9. The summed E-state index contributed by atoms with van der Waals surface area (Å²) in [6, 6.07) is 0. The van der Waals surface area contributed by atoms with Gasteiger partial charge in [0.2, 0.25) is 0 Å². The molecule has 3 nitrogen and oxygen atoms in total. The maximum absolute atomic E-state index is 10.2. The number of aliphatic hydroxyl groups is 1. The fourth-order valence-electron chi connectivity index (χ4n) is 2.75. The van der Waals surface area contributed by atoms with Crippen LogP contribution in [-0.4, -0.2) is 16.7 Å². The van der Waals surface area contributed by atoms with Crippen molar-refractivity contribution in [2.24, 2.45) is 5.92 Å². The number of nitrogens with zero attached hydrogens (tertiary/aromatic N) is 1. The molecule has 4 heteroatoms. The third-order valence-electron chi connectivity index (χ3n) is 3.87. The summed E-state index contributed by atoms with van der Waals surface area (Å²) in [5, 5.41) is 11.3. The van der Waals surface area contributed by atoms with Crippen LogP contribution in [0.4, 0.5) is 0 Å². The van der Waals surface area contributed by atoms with Crippen LogP contribution in [0.15, 0.2) is 0 Å². The van der Waals surface area contributed by atoms with Crippen molar-refractivity contribution in [3.05, 3.63) is 15.6 Å². The zero-order chi connectivity index (χ0) is 14.8. The minimum absolute atomic E-state index is 0.0271. The molecule has 1 heterocycles. The molecule has 1 aromatic heterocycles. The summed E-state index contributed by atoms with van der Waals surface area (Å²) in [4.78, 5) is 5.75. The van der Waals surface area contributed by atoms with E-state index in [1.54, 1.807) is 11.3 Å². The van der Waals surface area contributed by atoms with E-state index >= 15 is 0 Å². The van der Waals surface area contributed by atoms with Crippen LogP contribution in [0.25, 0.3) is 0 Å². The number of ether oxygens (including phenoxy) is 1. The Balaban J connectivity index is 2.23. The Kier molecular flexibility index (Phi) is 5.21. The second kappa shape index (κ2) is 6.54. The van der Waals surface area contributed by atoms with Crippen LogP contribution < -0.4 is 0 Å². The molecule has 0 radical (unpaired) electrons. The lowest BCUT2D eigenvalue weighted by atomic mass is 9.97. The normalized spacial score (nSPS) is 18.6. The fraction of sp³-hybridized carbons (Fsp3) is 0.812. The van der Waals surface area contributed by atoms with E-state index in [4.69, 9.17) is 9.72 Å². The number of hydrogen-bond donors (Lipinski definition) is 1. The highest BCUT2D eigenvalue weighted by Gasteiger charge is 2.27. The largest absolute Gasteiger partial charge is 0.364 e. The van der Waals surface area contributed by atoms with Gasteiger partial charge in [-0.15, -0.1) is 11.3 Å². The Bertz CT molecular complexity index is 430. The Labute approximate surface area is 126 Å². The SMILES string of the molecule is CCOC(O)c1sc(C(C)(C)C)nc1CC1CCCC1. The van der Waals surface area contributed by atoms with E-state index in [9.17, 15) is 5.11 Å². The number of rotatable bonds is 5. The van der Waals surface area contributed by atoms with Crippen LogP contribution in [-0.2, 0) is 16.6 Å². The molecule has 0 bridgehead atoms. The molecule has 1 aromatic rings. The van der Waals surface area contributed by atoms with Crippen LogP contribution in [0, 0.1) is 5.92 Å². The molecule has 20 heavy (non-hydrogen) atoms. The van der Waals surface area contributed by atoms with Gasteiger partial charge in [0, 0.05) is 12.0 Å². The maximum Gasteiger partial charge on any atom is 0.192 e. The first-order chi connectivity index (χ1) is 9.41. The third kappa shape index (κ3) is 3.80. The topological polar surface area (TPSA) is 42.4 Å². The van der Waals surface area contributed by atoms with E-state index in [1.807, 2.05) is 6.92 Å². The van der Waals surface area contributed by atoms with E-state index in [-0.39, 0.29) is 5.41 Å². The summed E-state index contributed by atoms with van der Waals surface area (Å²) < 4.78 is 5.38. The Morgan fingerprint density at radius 2 is 2.00 bits per heavy atom. The van der Waals surface area contributed by atoms with E-state index < -0.39 is 6.29 Å². The first-order valence-corrected chi connectivity index (χ1v) is 8.53. The van der Waals surface area contributed by atoms with E-state index in [0.29, 0.717) is 6.61 Å². The molecule has 1 atom stereocenters. The van der Waals surface area contributed by atoms with Gasteiger partial charge in [-0.3, -0.25) is 0 Å². The Morgan fingerprint density at radius 3 is 2.55 bits per heavy atom. The molecule has 1 fully saturated rings. The molecule has 0 aliphatic heterocycles. The Hall–Kier alpha value is -0.450. The van der Waals surface area contributed by atoms with Gasteiger partial charge in [0.05, 0.1) is 15.6 Å².